The van der Waals surface area contributed by atoms with Gasteiger partial charge in [0, 0.05) is 25.3 Å². The molecule has 13 heavy (non-hydrogen) atoms. The lowest BCUT2D eigenvalue weighted by Gasteiger charge is -2.32. The SMILES string of the molecule is CN(CC1CCN1)c1ccccc1. The van der Waals surface area contributed by atoms with Crippen LogP contribution in [0.2, 0.25) is 0 Å². The van der Waals surface area contributed by atoms with Crippen molar-refractivity contribution in [1.82, 2.24) is 5.32 Å². The minimum atomic E-state index is 0.699. The molecule has 0 aromatic heterocycles. The smallest absolute Gasteiger partial charge is 0.0364 e. The molecule has 0 saturated carbocycles. The Hall–Kier alpha value is -1.02. The Bertz CT molecular complexity index is 254. The van der Waals surface area contributed by atoms with Crippen molar-refractivity contribution in [2.45, 2.75) is 12.5 Å². The largest absolute Gasteiger partial charge is 0.373 e. The van der Waals surface area contributed by atoms with Crippen molar-refractivity contribution in [2.24, 2.45) is 0 Å². The van der Waals surface area contributed by atoms with Gasteiger partial charge in [-0.2, -0.15) is 0 Å². The molecule has 2 nitrogen and oxygen atoms in total. The third-order valence-electron chi connectivity index (χ3n) is 2.62. The summed E-state index contributed by atoms with van der Waals surface area (Å²) in [6, 6.07) is 11.2. The summed E-state index contributed by atoms with van der Waals surface area (Å²) in [6.45, 7) is 2.30. The summed E-state index contributed by atoms with van der Waals surface area (Å²) in [4.78, 5) is 2.30. The third-order valence-corrected chi connectivity index (χ3v) is 2.62. The fraction of sp³-hybridized carbons (Fsp3) is 0.455. The second kappa shape index (κ2) is 3.79. The average Bonchev–Trinajstić information content (AvgIpc) is 2.12. The molecule has 1 N–H and O–H groups in total. The Morgan fingerprint density at radius 3 is 2.62 bits per heavy atom. The van der Waals surface area contributed by atoms with Crippen molar-refractivity contribution in [3.63, 3.8) is 0 Å². The first-order valence-electron chi connectivity index (χ1n) is 4.86. The second-order valence-electron chi connectivity index (χ2n) is 3.66. The predicted molar refractivity (Wildman–Crippen MR) is 56.1 cm³/mol. The predicted octanol–water partition coefficient (Wildman–Crippen LogP) is 1.48. The highest BCUT2D eigenvalue weighted by molar-refractivity contribution is 5.45. The van der Waals surface area contributed by atoms with Crippen LogP contribution < -0.4 is 10.2 Å². The Morgan fingerprint density at radius 2 is 2.08 bits per heavy atom. The summed E-state index contributed by atoms with van der Waals surface area (Å²) in [5, 5.41) is 3.40. The zero-order chi connectivity index (χ0) is 9.10. The van der Waals surface area contributed by atoms with Gasteiger partial charge in [0.1, 0.15) is 0 Å². The van der Waals surface area contributed by atoms with Crippen molar-refractivity contribution in [1.29, 1.82) is 0 Å². The first-order valence-corrected chi connectivity index (χ1v) is 4.86. The molecular weight excluding hydrogens is 160 g/mol. The van der Waals surface area contributed by atoms with E-state index in [4.69, 9.17) is 0 Å². The molecule has 1 heterocycles. The molecule has 1 fully saturated rings. The van der Waals surface area contributed by atoms with Crippen molar-refractivity contribution >= 4 is 5.69 Å². The van der Waals surface area contributed by atoms with Crippen LogP contribution >= 0.6 is 0 Å². The molecule has 0 radical (unpaired) electrons. The minimum absolute atomic E-state index is 0.699. The Morgan fingerprint density at radius 1 is 1.38 bits per heavy atom. The van der Waals surface area contributed by atoms with Gasteiger partial charge in [0.25, 0.3) is 0 Å². The van der Waals surface area contributed by atoms with E-state index in [-0.39, 0.29) is 0 Å². The number of nitrogens with one attached hydrogen (secondary N) is 1. The maximum atomic E-state index is 3.40. The van der Waals surface area contributed by atoms with E-state index >= 15 is 0 Å². The van der Waals surface area contributed by atoms with Gasteiger partial charge in [-0.25, -0.2) is 0 Å². The molecule has 70 valence electrons. The summed E-state index contributed by atoms with van der Waals surface area (Å²) in [5.74, 6) is 0. The van der Waals surface area contributed by atoms with Crippen LogP contribution in [-0.2, 0) is 0 Å². The number of nitrogens with zero attached hydrogens (tertiary/aromatic N) is 1. The molecule has 1 unspecified atom stereocenters. The first kappa shape index (κ1) is 8.57. The van der Waals surface area contributed by atoms with E-state index in [2.05, 4.69) is 47.6 Å². The molecule has 1 aromatic rings. The highest BCUT2D eigenvalue weighted by atomic mass is 15.1. The second-order valence-corrected chi connectivity index (χ2v) is 3.66. The lowest BCUT2D eigenvalue weighted by atomic mass is 10.1. The van der Waals surface area contributed by atoms with E-state index in [1.54, 1.807) is 0 Å². The molecule has 0 bridgehead atoms. The number of likely N-dealkylation sites (N-methyl/N-ethyl adjacent to an activating group) is 1. The molecule has 2 heteroatoms. The highest BCUT2D eigenvalue weighted by Crippen LogP contribution is 2.13. The number of anilines is 1. The molecule has 0 amide bonds. The van der Waals surface area contributed by atoms with Crippen LogP contribution in [0.4, 0.5) is 5.69 Å². The fourth-order valence-electron chi connectivity index (χ4n) is 1.62. The van der Waals surface area contributed by atoms with E-state index < -0.39 is 0 Å². The lowest BCUT2D eigenvalue weighted by Crippen LogP contribution is -2.49. The number of benzene rings is 1. The number of hydrogen-bond acceptors (Lipinski definition) is 2. The molecule has 1 aliphatic heterocycles. The standard InChI is InChI=1S/C11H16N2/c1-13(9-10-7-8-12-10)11-5-3-2-4-6-11/h2-6,10,12H,7-9H2,1H3. The van der Waals surface area contributed by atoms with Gasteiger partial charge in [-0.05, 0) is 25.1 Å². The Labute approximate surface area is 79.6 Å². The van der Waals surface area contributed by atoms with E-state index in [1.807, 2.05) is 0 Å². The van der Waals surface area contributed by atoms with Crippen LogP contribution in [0.5, 0.6) is 0 Å². The van der Waals surface area contributed by atoms with Crippen molar-refractivity contribution in [2.75, 3.05) is 25.0 Å². The topological polar surface area (TPSA) is 15.3 Å². The average molecular weight is 176 g/mol. The molecule has 1 atom stereocenters. The maximum Gasteiger partial charge on any atom is 0.0364 e. The van der Waals surface area contributed by atoms with Crippen molar-refractivity contribution in [3.05, 3.63) is 30.3 Å². The monoisotopic (exact) mass is 176 g/mol. The maximum absolute atomic E-state index is 3.40. The fourth-order valence-corrected chi connectivity index (χ4v) is 1.62. The van der Waals surface area contributed by atoms with Gasteiger partial charge in [0.05, 0.1) is 0 Å². The van der Waals surface area contributed by atoms with E-state index in [1.165, 1.54) is 18.7 Å². The molecule has 1 aliphatic rings. The lowest BCUT2D eigenvalue weighted by molar-refractivity contribution is 0.374. The summed E-state index contributed by atoms with van der Waals surface area (Å²) in [6.07, 6.45) is 1.32. The Kier molecular flexibility index (Phi) is 2.50. The van der Waals surface area contributed by atoms with Crippen LogP contribution in [0.15, 0.2) is 30.3 Å². The van der Waals surface area contributed by atoms with Gasteiger partial charge < -0.3 is 10.2 Å². The van der Waals surface area contributed by atoms with Crippen LogP contribution in [0.3, 0.4) is 0 Å². The van der Waals surface area contributed by atoms with Gasteiger partial charge >= 0.3 is 0 Å². The zero-order valence-corrected chi connectivity index (χ0v) is 8.03. The molecular formula is C11H16N2. The van der Waals surface area contributed by atoms with Crippen LogP contribution in [0, 0.1) is 0 Å². The summed E-state index contributed by atoms with van der Waals surface area (Å²) < 4.78 is 0. The number of hydrogen-bond donors (Lipinski definition) is 1. The normalized spacial score (nSPS) is 20.8. The first-order chi connectivity index (χ1) is 6.36. The van der Waals surface area contributed by atoms with E-state index in [9.17, 15) is 0 Å². The van der Waals surface area contributed by atoms with Crippen LogP contribution in [0.1, 0.15) is 6.42 Å². The van der Waals surface area contributed by atoms with E-state index in [0.717, 1.165) is 6.54 Å². The molecule has 2 rings (SSSR count). The quantitative estimate of drug-likeness (QED) is 0.750. The van der Waals surface area contributed by atoms with Crippen molar-refractivity contribution < 1.29 is 0 Å². The van der Waals surface area contributed by atoms with Gasteiger partial charge in [-0.1, -0.05) is 18.2 Å². The third kappa shape index (κ3) is 2.01. The van der Waals surface area contributed by atoms with Gasteiger partial charge in [0.2, 0.25) is 0 Å². The van der Waals surface area contributed by atoms with Crippen LogP contribution in [0.25, 0.3) is 0 Å². The Balaban J connectivity index is 1.92. The molecule has 0 aliphatic carbocycles. The molecule has 1 saturated heterocycles. The van der Waals surface area contributed by atoms with Crippen LogP contribution in [-0.4, -0.2) is 26.2 Å². The van der Waals surface area contributed by atoms with Gasteiger partial charge in [-0.3, -0.25) is 0 Å². The summed E-state index contributed by atoms with van der Waals surface area (Å²) >= 11 is 0. The molecule has 1 aromatic carbocycles. The van der Waals surface area contributed by atoms with Crippen molar-refractivity contribution in [3.8, 4) is 0 Å². The zero-order valence-electron chi connectivity index (χ0n) is 8.03. The van der Waals surface area contributed by atoms with E-state index in [0.29, 0.717) is 6.04 Å². The van der Waals surface area contributed by atoms with Gasteiger partial charge in [0.15, 0.2) is 0 Å². The summed E-state index contributed by atoms with van der Waals surface area (Å²) in [5.41, 5.74) is 1.30. The minimum Gasteiger partial charge on any atom is -0.373 e. The van der Waals surface area contributed by atoms with Gasteiger partial charge in [-0.15, -0.1) is 0 Å². The molecule has 0 spiro atoms. The summed E-state index contributed by atoms with van der Waals surface area (Å²) in [7, 11) is 2.15. The number of para-hydroxylation sites is 1. The highest BCUT2D eigenvalue weighted by Gasteiger charge is 2.17. The number of rotatable bonds is 3.